The van der Waals surface area contributed by atoms with E-state index in [4.69, 9.17) is 16.3 Å². The predicted molar refractivity (Wildman–Crippen MR) is 114 cm³/mol. The average molecular weight is 435 g/mol. The van der Waals surface area contributed by atoms with Crippen LogP contribution in [0.2, 0.25) is 5.02 Å². The average Bonchev–Trinajstić information content (AvgIpc) is 3.48. The Morgan fingerprint density at radius 1 is 1.31 bits per heavy atom. The summed E-state index contributed by atoms with van der Waals surface area (Å²) in [6.07, 6.45) is 4.51. The first-order chi connectivity index (χ1) is 14.0. The van der Waals surface area contributed by atoms with Crippen LogP contribution in [0.5, 0.6) is 5.75 Å². The van der Waals surface area contributed by atoms with Crippen LogP contribution in [0.4, 0.5) is 0 Å². The third-order valence-electron chi connectivity index (χ3n) is 5.44. The van der Waals surface area contributed by atoms with E-state index in [1.54, 1.807) is 6.07 Å². The summed E-state index contributed by atoms with van der Waals surface area (Å²) in [7, 11) is 0. The Kier molecular flexibility index (Phi) is 6.35. The van der Waals surface area contributed by atoms with Crippen LogP contribution in [0.15, 0.2) is 29.4 Å². The quantitative estimate of drug-likeness (QED) is 0.596. The highest BCUT2D eigenvalue weighted by atomic mass is 35.5. The molecule has 2 aromatic rings. The van der Waals surface area contributed by atoms with Gasteiger partial charge in [-0.2, -0.15) is 0 Å². The van der Waals surface area contributed by atoms with Crippen molar-refractivity contribution in [3.63, 3.8) is 0 Å². The molecule has 8 heteroatoms. The number of carbonyl (C=O) groups is 1. The van der Waals surface area contributed by atoms with Crippen LogP contribution in [-0.2, 0) is 11.4 Å². The van der Waals surface area contributed by atoms with Crippen molar-refractivity contribution in [3.05, 3.63) is 35.1 Å². The molecule has 0 bridgehead atoms. The maximum atomic E-state index is 12.9. The van der Waals surface area contributed by atoms with Gasteiger partial charge >= 0.3 is 0 Å². The Morgan fingerprint density at radius 2 is 2.10 bits per heavy atom. The molecule has 2 heterocycles. The van der Waals surface area contributed by atoms with Gasteiger partial charge in [-0.05, 0) is 50.7 Å². The number of para-hydroxylation sites is 1. The van der Waals surface area contributed by atoms with E-state index in [0.29, 0.717) is 29.3 Å². The van der Waals surface area contributed by atoms with Gasteiger partial charge in [0, 0.05) is 19.1 Å². The molecule has 29 heavy (non-hydrogen) atoms. The van der Waals surface area contributed by atoms with Crippen molar-refractivity contribution < 1.29 is 9.53 Å². The molecule has 0 unspecified atom stereocenters. The Bertz CT molecular complexity index is 870. The van der Waals surface area contributed by atoms with Crippen LogP contribution in [0.1, 0.15) is 51.4 Å². The maximum Gasteiger partial charge on any atom is 0.235 e. The van der Waals surface area contributed by atoms with E-state index in [0.717, 1.165) is 43.3 Å². The van der Waals surface area contributed by atoms with E-state index in [1.165, 1.54) is 18.2 Å². The first-order valence-corrected chi connectivity index (χ1v) is 11.5. The molecule has 1 aromatic heterocycles. The lowest BCUT2D eigenvalue weighted by molar-refractivity contribution is -0.132. The molecule has 1 aliphatic heterocycles. The zero-order chi connectivity index (χ0) is 20.4. The van der Waals surface area contributed by atoms with Crippen LogP contribution in [0.25, 0.3) is 0 Å². The lowest BCUT2D eigenvalue weighted by atomic mass is 10.0. The summed E-state index contributed by atoms with van der Waals surface area (Å²) in [4.78, 5) is 14.9. The van der Waals surface area contributed by atoms with Crippen molar-refractivity contribution in [2.45, 2.75) is 62.6 Å². The second kappa shape index (κ2) is 8.96. The number of thioether (sulfide) groups is 1. The number of hydrogen-bond donors (Lipinski definition) is 0. The van der Waals surface area contributed by atoms with Gasteiger partial charge in [-0.15, -0.1) is 10.2 Å². The number of nitrogens with zero attached hydrogens (tertiary/aromatic N) is 4. The molecule has 156 valence electrons. The van der Waals surface area contributed by atoms with Crippen LogP contribution < -0.4 is 4.74 Å². The van der Waals surface area contributed by atoms with Gasteiger partial charge in [-0.3, -0.25) is 9.36 Å². The van der Waals surface area contributed by atoms with Crippen LogP contribution in [0, 0.1) is 5.92 Å². The lowest BCUT2D eigenvalue weighted by Gasteiger charge is -2.32. The topological polar surface area (TPSA) is 60.3 Å². The SMILES string of the molecule is C[C@H]1CCCN(C(=O)[C@@H](C)Sc2nnc(COc3ccccc3Cl)n2C2CC2)C1. The number of piperidine rings is 1. The second-order valence-electron chi connectivity index (χ2n) is 8.01. The van der Waals surface area contributed by atoms with Gasteiger partial charge in [0.2, 0.25) is 5.91 Å². The molecule has 1 saturated carbocycles. The normalized spacial score (nSPS) is 20.5. The molecule has 2 atom stereocenters. The zero-order valence-electron chi connectivity index (χ0n) is 16.9. The molecule has 0 spiro atoms. The second-order valence-corrected chi connectivity index (χ2v) is 9.73. The smallest absolute Gasteiger partial charge is 0.235 e. The van der Waals surface area contributed by atoms with Crippen molar-refractivity contribution in [1.29, 1.82) is 0 Å². The van der Waals surface area contributed by atoms with Crippen LogP contribution in [-0.4, -0.2) is 43.9 Å². The summed E-state index contributed by atoms with van der Waals surface area (Å²) < 4.78 is 8.02. The number of hydrogen-bond acceptors (Lipinski definition) is 5. The molecule has 2 aliphatic rings. The lowest BCUT2D eigenvalue weighted by Crippen LogP contribution is -2.42. The molecule has 0 N–H and O–H groups in total. The summed E-state index contributed by atoms with van der Waals surface area (Å²) >= 11 is 7.69. The molecule has 0 radical (unpaired) electrons. The third-order valence-corrected chi connectivity index (χ3v) is 6.80. The van der Waals surface area contributed by atoms with Crippen molar-refractivity contribution in [2.24, 2.45) is 5.92 Å². The van der Waals surface area contributed by atoms with Crippen molar-refractivity contribution in [1.82, 2.24) is 19.7 Å². The highest BCUT2D eigenvalue weighted by Gasteiger charge is 2.32. The van der Waals surface area contributed by atoms with Crippen LogP contribution in [0.3, 0.4) is 0 Å². The highest BCUT2D eigenvalue weighted by Crippen LogP contribution is 2.40. The number of halogens is 1. The Morgan fingerprint density at radius 3 is 2.83 bits per heavy atom. The Hall–Kier alpha value is -1.73. The molecule has 1 saturated heterocycles. The zero-order valence-corrected chi connectivity index (χ0v) is 18.5. The number of amides is 1. The Labute approximate surface area is 181 Å². The number of aromatic nitrogens is 3. The van der Waals surface area contributed by atoms with Crippen LogP contribution >= 0.6 is 23.4 Å². The molecule has 6 nitrogen and oxygen atoms in total. The molecule has 1 aliphatic carbocycles. The van der Waals surface area contributed by atoms with E-state index < -0.39 is 0 Å². The summed E-state index contributed by atoms with van der Waals surface area (Å²) in [6, 6.07) is 7.81. The summed E-state index contributed by atoms with van der Waals surface area (Å²) in [5.74, 6) is 2.19. The van der Waals surface area contributed by atoms with Gasteiger partial charge < -0.3 is 9.64 Å². The molecule has 4 rings (SSSR count). The van der Waals surface area contributed by atoms with Crippen molar-refractivity contribution >= 4 is 29.3 Å². The van der Waals surface area contributed by atoms with Gasteiger partial charge in [0.1, 0.15) is 12.4 Å². The maximum absolute atomic E-state index is 12.9. The highest BCUT2D eigenvalue weighted by molar-refractivity contribution is 8.00. The minimum atomic E-state index is -0.181. The van der Waals surface area contributed by atoms with E-state index in [-0.39, 0.29) is 11.2 Å². The van der Waals surface area contributed by atoms with E-state index in [1.807, 2.05) is 30.0 Å². The number of rotatable bonds is 7. The number of likely N-dealkylation sites (tertiary alicyclic amines) is 1. The molecule has 1 amide bonds. The molecular weight excluding hydrogens is 408 g/mol. The number of ether oxygens (including phenoxy) is 1. The number of carbonyl (C=O) groups excluding carboxylic acids is 1. The monoisotopic (exact) mass is 434 g/mol. The first-order valence-electron chi connectivity index (χ1n) is 10.3. The van der Waals surface area contributed by atoms with Gasteiger partial charge in [0.15, 0.2) is 11.0 Å². The predicted octanol–water partition coefficient (Wildman–Crippen LogP) is 4.58. The van der Waals surface area contributed by atoms with Gasteiger partial charge in [-0.1, -0.05) is 42.4 Å². The molecule has 1 aromatic carbocycles. The van der Waals surface area contributed by atoms with E-state index in [9.17, 15) is 4.79 Å². The fourth-order valence-electron chi connectivity index (χ4n) is 3.74. The number of benzene rings is 1. The minimum Gasteiger partial charge on any atom is -0.484 e. The fraction of sp³-hybridized carbons (Fsp3) is 0.571. The molecular formula is C21H27ClN4O2S. The Balaban J connectivity index is 1.44. The minimum absolute atomic E-state index is 0.181. The third kappa shape index (κ3) is 4.89. The van der Waals surface area contributed by atoms with Crippen molar-refractivity contribution in [2.75, 3.05) is 13.1 Å². The van der Waals surface area contributed by atoms with Gasteiger partial charge in [0.05, 0.1) is 10.3 Å². The fourth-order valence-corrected chi connectivity index (χ4v) is 4.96. The largest absolute Gasteiger partial charge is 0.484 e. The van der Waals surface area contributed by atoms with E-state index >= 15 is 0 Å². The van der Waals surface area contributed by atoms with Gasteiger partial charge in [-0.25, -0.2) is 0 Å². The summed E-state index contributed by atoms with van der Waals surface area (Å²) in [5.41, 5.74) is 0. The standard InChI is InChI=1S/C21H27ClN4O2S/c1-14-6-5-11-25(12-14)20(27)15(2)29-21-24-23-19(26(21)16-9-10-16)13-28-18-8-4-3-7-17(18)22/h3-4,7-8,14-16H,5-6,9-13H2,1-2H3/t14-,15+/m0/s1. The molecule has 2 fully saturated rings. The van der Waals surface area contributed by atoms with E-state index in [2.05, 4.69) is 21.7 Å². The summed E-state index contributed by atoms with van der Waals surface area (Å²) in [6.45, 7) is 6.21. The van der Waals surface area contributed by atoms with Gasteiger partial charge in [0.25, 0.3) is 0 Å². The summed E-state index contributed by atoms with van der Waals surface area (Å²) in [5, 5.41) is 9.94. The van der Waals surface area contributed by atoms with Crippen molar-refractivity contribution in [3.8, 4) is 5.75 Å². The first kappa shape index (κ1) is 20.5.